The van der Waals surface area contributed by atoms with E-state index < -0.39 is 0 Å². The van der Waals surface area contributed by atoms with Crippen LogP contribution in [-0.4, -0.2) is 46.1 Å². The maximum atomic E-state index is 12.2. The fourth-order valence-electron chi connectivity index (χ4n) is 2.93. The van der Waals surface area contributed by atoms with Crippen molar-refractivity contribution in [1.82, 2.24) is 15.2 Å². The first-order chi connectivity index (χ1) is 10.2. The quantitative estimate of drug-likeness (QED) is 0.757. The molecule has 0 radical (unpaired) electrons. The van der Waals surface area contributed by atoms with Gasteiger partial charge in [0.1, 0.15) is 0 Å². The molecule has 1 aliphatic rings. The van der Waals surface area contributed by atoms with Crippen LogP contribution in [0.3, 0.4) is 0 Å². The zero-order valence-electron chi connectivity index (χ0n) is 11.6. The minimum absolute atomic E-state index is 0.0484. The van der Waals surface area contributed by atoms with E-state index in [4.69, 9.17) is 11.6 Å². The van der Waals surface area contributed by atoms with E-state index in [9.17, 15) is 9.90 Å². The summed E-state index contributed by atoms with van der Waals surface area (Å²) in [7, 11) is 0. The molecule has 0 spiro atoms. The number of hydrogen-bond acceptors (Lipinski definition) is 2. The van der Waals surface area contributed by atoms with Crippen LogP contribution in [0.2, 0.25) is 0 Å². The van der Waals surface area contributed by atoms with Crippen molar-refractivity contribution in [2.24, 2.45) is 0 Å². The van der Waals surface area contributed by atoms with Gasteiger partial charge in [0, 0.05) is 29.0 Å². The highest BCUT2D eigenvalue weighted by atomic mass is 35.5. The Hall–Kier alpha value is -1.72. The van der Waals surface area contributed by atoms with Crippen LogP contribution in [0, 0.1) is 0 Å². The van der Waals surface area contributed by atoms with E-state index in [1.807, 2.05) is 18.2 Å². The molecule has 3 N–H and O–H groups in total. The lowest BCUT2D eigenvalue weighted by Crippen LogP contribution is -2.50. The van der Waals surface area contributed by atoms with Gasteiger partial charge in [-0.2, -0.15) is 0 Å². The highest BCUT2D eigenvalue weighted by molar-refractivity contribution is 6.18. The van der Waals surface area contributed by atoms with Crippen LogP contribution < -0.4 is 5.32 Å². The van der Waals surface area contributed by atoms with Crippen molar-refractivity contribution >= 4 is 28.5 Å². The molecule has 6 heteroatoms. The predicted molar refractivity (Wildman–Crippen MR) is 82.5 cm³/mol. The summed E-state index contributed by atoms with van der Waals surface area (Å²) in [5.74, 6) is 0.376. The van der Waals surface area contributed by atoms with Crippen molar-refractivity contribution in [3.8, 4) is 0 Å². The van der Waals surface area contributed by atoms with Crippen LogP contribution in [-0.2, 0) is 13.0 Å². The molecule has 21 heavy (non-hydrogen) atoms. The maximum Gasteiger partial charge on any atom is 0.318 e. The number of aliphatic hydroxyl groups excluding tert-OH is 1. The number of amides is 2. The number of carbonyl (C=O) groups is 1. The minimum atomic E-state index is -0.202. The molecule has 0 bridgehead atoms. The normalized spacial score (nSPS) is 17.8. The van der Waals surface area contributed by atoms with E-state index in [0.717, 1.165) is 11.2 Å². The molecule has 2 amide bonds. The fourth-order valence-corrected chi connectivity index (χ4v) is 3.02. The average molecular weight is 308 g/mol. The molecule has 1 aliphatic heterocycles. The van der Waals surface area contributed by atoms with Gasteiger partial charge in [0.05, 0.1) is 19.2 Å². The molecule has 1 unspecified atom stereocenters. The van der Waals surface area contributed by atoms with Crippen LogP contribution in [0.25, 0.3) is 10.9 Å². The van der Waals surface area contributed by atoms with E-state index in [2.05, 4.69) is 16.4 Å². The number of benzene rings is 1. The highest BCUT2D eigenvalue weighted by Crippen LogP contribution is 2.30. The van der Waals surface area contributed by atoms with Crippen LogP contribution >= 0.6 is 11.6 Å². The number of alkyl halides is 1. The first-order valence-corrected chi connectivity index (χ1v) is 7.57. The lowest BCUT2D eigenvalue weighted by atomic mass is 9.97. The van der Waals surface area contributed by atoms with Crippen LogP contribution in [0.4, 0.5) is 4.79 Å². The largest absolute Gasteiger partial charge is 0.394 e. The number of nitrogens with one attached hydrogen (secondary N) is 2. The van der Waals surface area contributed by atoms with Crippen molar-refractivity contribution in [3.63, 3.8) is 0 Å². The molecular weight excluding hydrogens is 290 g/mol. The molecule has 1 aromatic carbocycles. The second-order valence-electron chi connectivity index (χ2n) is 5.22. The zero-order chi connectivity index (χ0) is 14.8. The van der Waals surface area contributed by atoms with Gasteiger partial charge in [0.2, 0.25) is 0 Å². The number of fused-ring (bicyclic) bond motifs is 3. The van der Waals surface area contributed by atoms with Gasteiger partial charge in [0.15, 0.2) is 0 Å². The van der Waals surface area contributed by atoms with E-state index in [-0.39, 0.29) is 18.7 Å². The third kappa shape index (κ3) is 2.59. The second-order valence-corrected chi connectivity index (χ2v) is 5.59. The van der Waals surface area contributed by atoms with E-state index in [0.29, 0.717) is 25.4 Å². The number of urea groups is 1. The fraction of sp³-hybridized carbons (Fsp3) is 0.400. The molecule has 112 valence electrons. The highest BCUT2D eigenvalue weighted by Gasteiger charge is 2.31. The summed E-state index contributed by atoms with van der Waals surface area (Å²) in [6, 6.07) is 7.70. The van der Waals surface area contributed by atoms with Crippen molar-refractivity contribution in [1.29, 1.82) is 0 Å². The SMILES string of the molecule is O=C(NCCCl)N1Cc2[nH]c3ccccc3c2CC1CO. The van der Waals surface area contributed by atoms with Crippen molar-refractivity contribution in [3.05, 3.63) is 35.5 Å². The summed E-state index contributed by atoms with van der Waals surface area (Å²) in [6.07, 6.45) is 0.657. The molecule has 0 saturated heterocycles. The summed E-state index contributed by atoms with van der Waals surface area (Å²) in [5, 5.41) is 13.5. The predicted octanol–water partition coefficient (Wildman–Crippen LogP) is 1.84. The van der Waals surface area contributed by atoms with Gasteiger partial charge in [0.25, 0.3) is 0 Å². The van der Waals surface area contributed by atoms with Crippen LogP contribution in [0.5, 0.6) is 0 Å². The monoisotopic (exact) mass is 307 g/mol. The van der Waals surface area contributed by atoms with Gasteiger partial charge in [-0.15, -0.1) is 11.6 Å². The molecule has 0 aliphatic carbocycles. The lowest BCUT2D eigenvalue weighted by molar-refractivity contribution is 0.121. The Labute approximate surface area is 127 Å². The third-order valence-corrected chi connectivity index (χ3v) is 4.14. The molecule has 1 atom stereocenters. The molecule has 1 aromatic heterocycles. The Morgan fingerprint density at radius 1 is 1.48 bits per heavy atom. The van der Waals surface area contributed by atoms with Crippen LogP contribution in [0.1, 0.15) is 11.3 Å². The van der Waals surface area contributed by atoms with Crippen molar-refractivity contribution in [2.45, 2.75) is 19.0 Å². The molecule has 0 saturated carbocycles. The number of aromatic amines is 1. The van der Waals surface area contributed by atoms with Gasteiger partial charge in [-0.3, -0.25) is 0 Å². The van der Waals surface area contributed by atoms with Crippen molar-refractivity contribution in [2.75, 3.05) is 19.0 Å². The molecule has 5 nitrogen and oxygen atoms in total. The van der Waals surface area contributed by atoms with Crippen molar-refractivity contribution < 1.29 is 9.90 Å². The number of aliphatic hydroxyl groups is 1. The van der Waals surface area contributed by atoms with E-state index in [1.54, 1.807) is 4.90 Å². The van der Waals surface area contributed by atoms with Gasteiger partial charge in [-0.05, 0) is 18.1 Å². The first-order valence-electron chi connectivity index (χ1n) is 7.04. The molecular formula is C15H18ClN3O2. The number of nitrogens with zero attached hydrogens (tertiary/aromatic N) is 1. The summed E-state index contributed by atoms with van der Waals surface area (Å²) in [6.45, 7) is 0.852. The Morgan fingerprint density at radius 3 is 3.05 bits per heavy atom. The van der Waals surface area contributed by atoms with E-state index in [1.165, 1.54) is 10.9 Å². The molecule has 2 aromatic rings. The summed E-state index contributed by atoms with van der Waals surface area (Å²) < 4.78 is 0. The number of para-hydroxylation sites is 1. The number of rotatable bonds is 3. The molecule has 2 heterocycles. The van der Waals surface area contributed by atoms with Gasteiger partial charge in [-0.25, -0.2) is 4.79 Å². The lowest BCUT2D eigenvalue weighted by Gasteiger charge is -2.34. The zero-order valence-corrected chi connectivity index (χ0v) is 12.4. The number of aromatic nitrogens is 1. The number of hydrogen-bond donors (Lipinski definition) is 3. The van der Waals surface area contributed by atoms with Gasteiger partial charge < -0.3 is 20.3 Å². The topological polar surface area (TPSA) is 68.4 Å². The van der Waals surface area contributed by atoms with Crippen LogP contribution in [0.15, 0.2) is 24.3 Å². The summed E-state index contributed by atoms with van der Waals surface area (Å²) in [4.78, 5) is 17.2. The maximum absolute atomic E-state index is 12.2. The van der Waals surface area contributed by atoms with Gasteiger partial charge in [-0.1, -0.05) is 18.2 Å². The average Bonchev–Trinajstić information content (AvgIpc) is 2.88. The number of carbonyl (C=O) groups excluding carboxylic acids is 1. The Kier molecular flexibility index (Phi) is 4.03. The standard InChI is InChI=1S/C15H18ClN3O2/c16-5-6-17-15(21)19-8-14-12(7-10(19)9-20)11-3-1-2-4-13(11)18-14/h1-4,10,18,20H,5-9H2,(H,17,21). The number of H-pyrrole nitrogens is 1. The smallest absolute Gasteiger partial charge is 0.318 e. The molecule has 3 rings (SSSR count). The van der Waals surface area contributed by atoms with Gasteiger partial charge >= 0.3 is 6.03 Å². The summed E-state index contributed by atoms with van der Waals surface area (Å²) in [5.41, 5.74) is 3.31. The Balaban J connectivity index is 1.91. The summed E-state index contributed by atoms with van der Waals surface area (Å²) >= 11 is 5.60. The Bertz CT molecular complexity index is 655. The molecule has 0 fully saturated rings. The third-order valence-electron chi connectivity index (χ3n) is 3.95. The minimum Gasteiger partial charge on any atom is -0.394 e. The number of halogens is 1. The Morgan fingerprint density at radius 2 is 2.29 bits per heavy atom. The van der Waals surface area contributed by atoms with E-state index >= 15 is 0 Å². The second kappa shape index (κ2) is 5.95. The first kappa shape index (κ1) is 14.2.